The van der Waals surface area contributed by atoms with Gasteiger partial charge in [0, 0.05) is 0 Å². The molecular formula is C16H32ClN. The molecule has 18 heavy (non-hydrogen) atoms. The summed E-state index contributed by atoms with van der Waals surface area (Å²) in [6.45, 7) is 0.899. The van der Waals surface area contributed by atoms with Gasteiger partial charge in [0.15, 0.2) is 0 Å². The van der Waals surface area contributed by atoms with Gasteiger partial charge < -0.3 is 5.73 Å². The summed E-state index contributed by atoms with van der Waals surface area (Å²) in [6.07, 6.45) is 17.7. The predicted octanol–water partition coefficient (Wildman–Crippen LogP) is 4.92. The summed E-state index contributed by atoms with van der Waals surface area (Å²) in [5, 5.41) is 0. The molecule has 2 saturated carbocycles. The molecular weight excluding hydrogens is 242 g/mol. The smallest absolute Gasteiger partial charge is 0.00772 e. The van der Waals surface area contributed by atoms with Crippen molar-refractivity contribution in [2.24, 2.45) is 23.5 Å². The van der Waals surface area contributed by atoms with E-state index in [0.29, 0.717) is 0 Å². The zero-order chi connectivity index (χ0) is 11.9. The highest BCUT2D eigenvalue weighted by Gasteiger charge is 2.30. The van der Waals surface area contributed by atoms with Crippen LogP contribution >= 0.6 is 12.4 Å². The summed E-state index contributed by atoms with van der Waals surface area (Å²) in [5.74, 6) is 3.14. The minimum atomic E-state index is 0. The zero-order valence-electron chi connectivity index (χ0n) is 11.9. The SMILES string of the molecule is Cl.NCCCC(C1CCCCC1)C1CCCCC1. The van der Waals surface area contributed by atoms with E-state index in [1.807, 2.05) is 0 Å². The Bertz CT molecular complexity index is 177. The lowest BCUT2D eigenvalue weighted by molar-refractivity contribution is 0.133. The summed E-state index contributed by atoms with van der Waals surface area (Å²) in [7, 11) is 0. The van der Waals surface area contributed by atoms with E-state index in [4.69, 9.17) is 5.73 Å². The molecule has 0 aromatic heterocycles. The van der Waals surface area contributed by atoms with Crippen molar-refractivity contribution in [1.29, 1.82) is 0 Å². The molecule has 2 aliphatic carbocycles. The van der Waals surface area contributed by atoms with Crippen molar-refractivity contribution in [1.82, 2.24) is 0 Å². The van der Waals surface area contributed by atoms with Crippen LogP contribution in [0, 0.1) is 17.8 Å². The van der Waals surface area contributed by atoms with Gasteiger partial charge in [0.05, 0.1) is 0 Å². The fraction of sp³-hybridized carbons (Fsp3) is 1.00. The standard InChI is InChI=1S/C16H31N.ClH/c17-13-7-12-16(14-8-3-1-4-9-14)15-10-5-2-6-11-15;/h14-16H,1-13,17H2;1H. The first kappa shape index (κ1) is 16.3. The van der Waals surface area contributed by atoms with Gasteiger partial charge >= 0.3 is 0 Å². The average molecular weight is 274 g/mol. The molecule has 0 heterocycles. The van der Waals surface area contributed by atoms with E-state index >= 15 is 0 Å². The van der Waals surface area contributed by atoms with Crippen LogP contribution in [0.5, 0.6) is 0 Å². The molecule has 0 aliphatic heterocycles. The van der Waals surface area contributed by atoms with E-state index in [-0.39, 0.29) is 12.4 Å². The molecule has 0 spiro atoms. The molecule has 0 aromatic rings. The van der Waals surface area contributed by atoms with Crippen LogP contribution in [0.15, 0.2) is 0 Å². The Morgan fingerprint density at radius 1 is 0.778 bits per heavy atom. The quantitative estimate of drug-likeness (QED) is 0.756. The van der Waals surface area contributed by atoms with Crippen molar-refractivity contribution >= 4 is 12.4 Å². The highest BCUT2D eigenvalue weighted by molar-refractivity contribution is 5.85. The highest BCUT2D eigenvalue weighted by atomic mass is 35.5. The van der Waals surface area contributed by atoms with Crippen molar-refractivity contribution in [3.8, 4) is 0 Å². The predicted molar refractivity (Wildman–Crippen MR) is 82.2 cm³/mol. The van der Waals surface area contributed by atoms with Gasteiger partial charge in [-0.2, -0.15) is 0 Å². The second kappa shape index (κ2) is 9.20. The summed E-state index contributed by atoms with van der Waals surface area (Å²) < 4.78 is 0. The first-order valence-corrected chi connectivity index (χ1v) is 8.12. The van der Waals surface area contributed by atoms with E-state index in [9.17, 15) is 0 Å². The van der Waals surface area contributed by atoms with Crippen LogP contribution in [0.2, 0.25) is 0 Å². The van der Waals surface area contributed by atoms with E-state index in [0.717, 1.165) is 24.3 Å². The average Bonchev–Trinajstić information content (AvgIpc) is 2.42. The maximum atomic E-state index is 5.74. The molecule has 0 bridgehead atoms. The summed E-state index contributed by atoms with van der Waals surface area (Å²) in [6, 6.07) is 0. The molecule has 2 heteroatoms. The van der Waals surface area contributed by atoms with E-state index in [2.05, 4.69) is 0 Å². The van der Waals surface area contributed by atoms with Gasteiger partial charge in [0.1, 0.15) is 0 Å². The molecule has 1 nitrogen and oxygen atoms in total. The molecule has 0 saturated heterocycles. The molecule has 0 unspecified atom stereocenters. The number of hydrogen-bond donors (Lipinski definition) is 1. The van der Waals surface area contributed by atoms with Crippen molar-refractivity contribution in [3.63, 3.8) is 0 Å². The largest absolute Gasteiger partial charge is 0.330 e. The fourth-order valence-corrected chi connectivity index (χ4v) is 4.33. The number of nitrogens with two attached hydrogens (primary N) is 1. The molecule has 2 N–H and O–H groups in total. The second-order valence-electron chi connectivity index (χ2n) is 6.39. The maximum absolute atomic E-state index is 5.74. The lowest BCUT2D eigenvalue weighted by atomic mass is 9.68. The Balaban J connectivity index is 0.00000162. The summed E-state index contributed by atoms with van der Waals surface area (Å²) in [5.41, 5.74) is 5.74. The van der Waals surface area contributed by atoms with E-state index in [1.165, 1.54) is 77.0 Å². The lowest BCUT2D eigenvalue weighted by Gasteiger charge is -2.38. The summed E-state index contributed by atoms with van der Waals surface area (Å²) in [4.78, 5) is 0. The zero-order valence-corrected chi connectivity index (χ0v) is 12.7. The molecule has 0 atom stereocenters. The van der Waals surface area contributed by atoms with E-state index < -0.39 is 0 Å². The van der Waals surface area contributed by atoms with Crippen LogP contribution in [0.4, 0.5) is 0 Å². The van der Waals surface area contributed by atoms with Crippen LogP contribution in [-0.4, -0.2) is 6.54 Å². The van der Waals surface area contributed by atoms with Crippen molar-refractivity contribution in [2.75, 3.05) is 6.54 Å². The summed E-state index contributed by atoms with van der Waals surface area (Å²) >= 11 is 0. The molecule has 2 aliphatic rings. The first-order chi connectivity index (χ1) is 8.42. The molecule has 0 aromatic carbocycles. The van der Waals surface area contributed by atoms with Crippen molar-refractivity contribution in [3.05, 3.63) is 0 Å². The molecule has 108 valence electrons. The van der Waals surface area contributed by atoms with Crippen molar-refractivity contribution < 1.29 is 0 Å². The lowest BCUT2D eigenvalue weighted by Crippen LogP contribution is -2.27. The van der Waals surface area contributed by atoms with Crippen molar-refractivity contribution in [2.45, 2.75) is 77.0 Å². The number of hydrogen-bond acceptors (Lipinski definition) is 1. The normalized spacial score (nSPS) is 23.0. The number of rotatable bonds is 5. The minimum absolute atomic E-state index is 0. The molecule has 0 radical (unpaired) electrons. The van der Waals surface area contributed by atoms with Crippen LogP contribution in [0.3, 0.4) is 0 Å². The van der Waals surface area contributed by atoms with E-state index in [1.54, 1.807) is 0 Å². The Morgan fingerprint density at radius 2 is 1.22 bits per heavy atom. The molecule has 2 fully saturated rings. The van der Waals surface area contributed by atoms with Gasteiger partial charge in [-0.15, -0.1) is 12.4 Å². The van der Waals surface area contributed by atoms with Crippen LogP contribution in [0.25, 0.3) is 0 Å². The van der Waals surface area contributed by atoms with Crippen LogP contribution in [-0.2, 0) is 0 Å². The second-order valence-corrected chi connectivity index (χ2v) is 6.39. The third-order valence-electron chi connectivity index (χ3n) is 5.25. The topological polar surface area (TPSA) is 26.0 Å². The Kier molecular flexibility index (Phi) is 8.33. The van der Waals surface area contributed by atoms with Gasteiger partial charge in [-0.1, -0.05) is 64.2 Å². The first-order valence-electron chi connectivity index (χ1n) is 8.12. The Morgan fingerprint density at radius 3 is 1.61 bits per heavy atom. The minimum Gasteiger partial charge on any atom is -0.330 e. The Hall–Kier alpha value is 0.250. The van der Waals surface area contributed by atoms with Gasteiger partial charge in [-0.05, 0) is 37.1 Å². The molecule has 0 amide bonds. The van der Waals surface area contributed by atoms with Gasteiger partial charge in [-0.3, -0.25) is 0 Å². The number of halogens is 1. The van der Waals surface area contributed by atoms with Gasteiger partial charge in [0.2, 0.25) is 0 Å². The third-order valence-corrected chi connectivity index (χ3v) is 5.25. The highest BCUT2D eigenvalue weighted by Crippen LogP contribution is 2.41. The van der Waals surface area contributed by atoms with Gasteiger partial charge in [-0.25, -0.2) is 0 Å². The molecule has 2 rings (SSSR count). The van der Waals surface area contributed by atoms with Gasteiger partial charge in [0.25, 0.3) is 0 Å². The van der Waals surface area contributed by atoms with Crippen LogP contribution < -0.4 is 5.73 Å². The third kappa shape index (κ3) is 4.74. The Labute approximate surface area is 120 Å². The maximum Gasteiger partial charge on any atom is -0.00772 e. The van der Waals surface area contributed by atoms with Crippen LogP contribution in [0.1, 0.15) is 77.0 Å². The fourth-order valence-electron chi connectivity index (χ4n) is 4.33. The monoisotopic (exact) mass is 273 g/mol.